The molecule has 1 aliphatic rings. The Kier molecular flexibility index (Phi) is 8.88. The molecule has 4 rings (SSSR count). The van der Waals surface area contributed by atoms with Crippen molar-refractivity contribution in [1.29, 1.82) is 0 Å². The number of rotatable bonds is 7. The molecule has 0 spiro atoms. The van der Waals surface area contributed by atoms with Crippen molar-refractivity contribution >= 4 is 57.9 Å². The number of amides is 2. The number of esters is 2. The molecule has 1 heterocycles. The summed E-state index contributed by atoms with van der Waals surface area (Å²) in [4.78, 5) is 50.7. The highest BCUT2D eigenvalue weighted by molar-refractivity contribution is 7.17. The Morgan fingerprint density at radius 3 is 2.55 bits per heavy atom. The quantitative estimate of drug-likeness (QED) is 0.143. The van der Waals surface area contributed by atoms with E-state index in [-0.39, 0.29) is 12.4 Å². The highest BCUT2D eigenvalue weighted by atomic mass is 35.5. The van der Waals surface area contributed by atoms with Crippen LogP contribution in [-0.2, 0) is 27.2 Å². The molecule has 1 aliphatic carbocycles. The van der Waals surface area contributed by atoms with E-state index in [9.17, 15) is 19.2 Å². The number of nitrogens with one attached hydrogen (secondary N) is 2. The first-order valence-electron chi connectivity index (χ1n) is 11.9. The van der Waals surface area contributed by atoms with Gasteiger partial charge in [-0.1, -0.05) is 23.7 Å². The van der Waals surface area contributed by atoms with Crippen LogP contribution in [0.2, 0.25) is 5.02 Å². The Labute approximate surface area is 227 Å². The molecule has 0 saturated carbocycles. The summed E-state index contributed by atoms with van der Waals surface area (Å²) >= 11 is 7.13. The van der Waals surface area contributed by atoms with Gasteiger partial charge >= 0.3 is 23.8 Å². The SMILES string of the molecule is CCOC(=O)c1c(NC(=O)C(=O)N/N=C/c2cccc(OC(=O)c3ccc(Cl)cc3)c2)sc2c1CCCC2. The average molecular weight is 554 g/mol. The number of hydrogen-bond donors (Lipinski definition) is 2. The van der Waals surface area contributed by atoms with E-state index >= 15 is 0 Å². The summed E-state index contributed by atoms with van der Waals surface area (Å²) in [5, 5.41) is 7.15. The largest absolute Gasteiger partial charge is 0.462 e. The molecule has 2 amide bonds. The number of carbonyl (C=O) groups is 4. The topological polar surface area (TPSA) is 123 Å². The molecule has 3 aromatic rings. The van der Waals surface area contributed by atoms with Crippen LogP contribution in [-0.4, -0.2) is 36.6 Å². The second kappa shape index (κ2) is 12.5. The third-order valence-corrected chi connectivity index (χ3v) is 7.07. The molecule has 0 aliphatic heterocycles. The van der Waals surface area contributed by atoms with Gasteiger partial charge in [-0.2, -0.15) is 5.10 Å². The lowest BCUT2D eigenvalue weighted by Crippen LogP contribution is -2.32. The molecular formula is C27H24ClN3O6S. The number of hydrogen-bond acceptors (Lipinski definition) is 8. The van der Waals surface area contributed by atoms with Crippen molar-refractivity contribution in [2.75, 3.05) is 11.9 Å². The van der Waals surface area contributed by atoms with Crippen LogP contribution in [0.1, 0.15) is 56.5 Å². The number of hydrazone groups is 1. The van der Waals surface area contributed by atoms with Gasteiger partial charge in [0.05, 0.1) is 23.9 Å². The Hall–Kier alpha value is -4.02. The minimum Gasteiger partial charge on any atom is -0.462 e. The first-order chi connectivity index (χ1) is 18.4. The lowest BCUT2D eigenvalue weighted by molar-refractivity contribution is -0.136. The second-order valence-electron chi connectivity index (χ2n) is 8.26. The molecule has 0 radical (unpaired) electrons. The van der Waals surface area contributed by atoms with E-state index in [1.807, 2.05) is 0 Å². The zero-order valence-corrected chi connectivity index (χ0v) is 22.0. The lowest BCUT2D eigenvalue weighted by Gasteiger charge is -2.12. The van der Waals surface area contributed by atoms with Gasteiger partial charge in [-0.3, -0.25) is 9.59 Å². The van der Waals surface area contributed by atoms with Crippen LogP contribution >= 0.6 is 22.9 Å². The van der Waals surface area contributed by atoms with E-state index in [0.29, 0.717) is 26.7 Å². The third-order valence-electron chi connectivity index (χ3n) is 5.61. The fraction of sp³-hybridized carbons (Fsp3) is 0.222. The van der Waals surface area contributed by atoms with Gasteiger partial charge < -0.3 is 14.8 Å². The summed E-state index contributed by atoms with van der Waals surface area (Å²) in [6.45, 7) is 1.91. The third kappa shape index (κ3) is 6.64. The van der Waals surface area contributed by atoms with Crippen molar-refractivity contribution in [2.24, 2.45) is 5.10 Å². The lowest BCUT2D eigenvalue weighted by atomic mass is 9.95. The Morgan fingerprint density at radius 1 is 1.03 bits per heavy atom. The van der Waals surface area contributed by atoms with Crippen molar-refractivity contribution in [2.45, 2.75) is 32.6 Å². The molecule has 0 bridgehead atoms. The molecule has 196 valence electrons. The standard InChI is InChI=1S/C27H24ClN3O6S/c1-2-36-27(35)22-20-8-3-4-9-21(20)38-25(22)30-23(32)24(33)31-29-15-16-6-5-7-19(14-16)37-26(34)17-10-12-18(28)13-11-17/h5-7,10-15H,2-4,8-9H2,1H3,(H,30,32)(H,31,33)/b29-15+. The first-order valence-corrected chi connectivity index (χ1v) is 13.1. The number of thiophene rings is 1. The second-order valence-corrected chi connectivity index (χ2v) is 9.80. The van der Waals surface area contributed by atoms with Gasteiger partial charge in [0.1, 0.15) is 10.8 Å². The smallest absolute Gasteiger partial charge is 0.343 e. The molecule has 2 aromatic carbocycles. The number of anilines is 1. The normalized spacial score (nSPS) is 12.5. The van der Waals surface area contributed by atoms with Crippen molar-refractivity contribution in [3.63, 3.8) is 0 Å². The monoisotopic (exact) mass is 553 g/mol. The van der Waals surface area contributed by atoms with Gasteiger partial charge in [-0.05, 0) is 80.1 Å². The van der Waals surface area contributed by atoms with E-state index in [1.54, 1.807) is 55.5 Å². The molecular weight excluding hydrogens is 530 g/mol. The summed E-state index contributed by atoms with van der Waals surface area (Å²) in [6, 6.07) is 12.8. The van der Waals surface area contributed by atoms with E-state index in [1.165, 1.54) is 17.6 Å². The van der Waals surface area contributed by atoms with Crippen LogP contribution in [0.25, 0.3) is 0 Å². The van der Waals surface area contributed by atoms with Crippen LogP contribution in [0.15, 0.2) is 53.6 Å². The minimum atomic E-state index is -1.01. The van der Waals surface area contributed by atoms with E-state index < -0.39 is 23.8 Å². The van der Waals surface area contributed by atoms with Crippen LogP contribution in [0.3, 0.4) is 0 Å². The van der Waals surface area contributed by atoms with Crippen LogP contribution < -0.4 is 15.5 Å². The highest BCUT2D eigenvalue weighted by Gasteiger charge is 2.28. The van der Waals surface area contributed by atoms with Gasteiger partial charge in [0.2, 0.25) is 0 Å². The maximum Gasteiger partial charge on any atom is 0.343 e. The number of ether oxygens (including phenoxy) is 2. The Balaban J connectivity index is 1.37. The zero-order chi connectivity index (χ0) is 27.1. The van der Waals surface area contributed by atoms with Crippen molar-refractivity contribution in [3.8, 4) is 5.75 Å². The Morgan fingerprint density at radius 2 is 1.79 bits per heavy atom. The molecule has 2 N–H and O–H groups in total. The molecule has 0 saturated heterocycles. The van der Waals surface area contributed by atoms with Crippen LogP contribution in [0.4, 0.5) is 5.00 Å². The van der Waals surface area contributed by atoms with Crippen LogP contribution in [0.5, 0.6) is 5.75 Å². The zero-order valence-electron chi connectivity index (χ0n) is 20.4. The van der Waals surface area contributed by atoms with E-state index in [4.69, 9.17) is 21.1 Å². The molecule has 0 atom stereocenters. The summed E-state index contributed by atoms with van der Waals surface area (Å²) in [7, 11) is 0. The van der Waals surface area contributed by atoms with Gasteiger partial charge in [0, 0.05) is 9.90 Å². The number of halogens is 1. The maximum absolute atomic E-state index is 12.5. The predicted octanol–water partition coefficient (Wildman–Crippen LogP) is 4.77. The van der Waals surface area contributed by atoms with Crippen molar-refractivity contribution in [1.82, 2.24) is 5.43 Å². The summed E-state index contributed by atoms with van der Waals surface area (Å²) in [5.74, 6) is -2.77. The first kappa shape index (κ1) is 27.0. The number of carbonyl (C=O) groups excluding carboxylic acids is 4. The van der Waals surface area contributed by atoms with Gasteiger partial charge in [-0.15, -0.1) is 11.3 Å². The van der Waals surface area contributed by atoms with Gasteiger partial charge in [-0.25, -0.2) is 15.0 Å². The number of aryl methyl sites for hydroxylation is 1. The number of fused-ring (bicyclic) bond motifs is 1. The van der Waals surface area contributed by atoms with E-state index in [2.05, 4.69) is 15.8 Å². The van der Waals surface area contributed by atoms with Gasteiger partial charge in [0.25, 0.3) is 0 Å². The molecule has 11 heteroatoms. The molecule has 1 aromatic heterocycles. The fourth-order valence-electron chi connectivity index (χ4n) is 3.86. The number of nitrogens with zero attached hydrogens (tertiary/aromatic N) is 1. The highest BCUT2D eigenvalue weighted by Crippen LogP contribution is 2.38. The van der Waals surface area contributed by atoms with E-state index in [0.717, 1.165) is 36.1 Å². The summed E-state index contributed by atoms with van der Waals surface area (Å²) < 4.78 is 10.5. The molecule has 0 unspecified atom stereocenters. The summed E-state index contributed by atoms with van der Waals surface area (Å²) in [5.41, 5.74) is 4.22. The van der Waals surface area contributed by atoms with Crippen molar-refractivity contribution in [3.05, 3.63) is 80.7 Å². The maximum atomic E-state index is 12.5. The van der Waals surface area contributed by atoms with Gasteiger partial charge in [0.15, 0.2) is 0 Å². The molecule has 38 heavy (non-hydrogen) atoms. The van der Waals surface area contributed by atoms with Crippen molar-refractivity contribution < 1.29 is 28.7 Å². The van der Waals surface area contributed by atoms with Crippen LogP contribution in [0, 0.1) is 0 Å². The molecule has 9 nitrogen and oxygen atoms in total. The minimum absolute atomic E-state index is 0.202. The Bertz CT molecular complexity index is 1400. The summed E-state index contributed by atoms with van der Waals surface area (Å²) in [6.07, 6.45) is 4.78. The predicted molar refractivity (Wildman–Crippen MR) is 144 cm³/mol. The molecule has 0 fully saturated rings. The average Bonchev–Trinajstić information content (AvgIpc) is 3.27. The fourth-order valence-corrected chi connectivity index (χ4v) is 5.26. The number of benzene rings is 2.